The van der Waals surface area contributed by atoms with Crippen LogP contribution in [0.4, 0.5) is 13.2 Å². The molecule has 0 radical (unpaired) electrons. The van der Waals surface area contributed by atoms with E-state index in [9.17, 15) is 13.2 Å². The first-order chi connectivity index (χ1) is 9.83. The summed E-state index contributed by atoms with van der Waals surface area (Å²) < 4.78 is 42.4. The van der Waals surface area contributed by atoms with Crippen LogP contribution < -0.4 is 0 Å². The zero-order valence-corrected chi connectivity index (χ0v) is 12.3. The highest BCUT2D eigenvalue weighted by atomic mass is 19.4. The zero-order valence-electron chi connectivity index (χ0n) is 12.3. The second kappa shape index (κ2) is 6.76. The number of rotatable bonds is 5. The summed E-state index contributed by atoms with van der Waals surface area (Å²) >= 11 is 0. The molecule has 1 aliphatic heterocycles. The molecule has 1 saturated heterocycles. The molecule has 0 aromatic carbocycles. The van der Waals surface area contributed by atoms with Gasteiger partial charge in [-0.25, -0.2) is 4.98 Å². The lowest BCUT2D eigenvalue weighted by atomic mass is 10.2. The van der Waals surface area contributed by atoms with Gasteiger partial charge in [-0.1, -0.05) is 0 Å². The first-order valence-corrected chi connectivity index (χ1v) is 6.93. The van der Waals surface area contributed by atoms with Crippen molar-refractivity contribution in [3.05, 3.63) is 17.7 Å². The van der Waals surface area contributed by atoms with Crippen LogP contribution in [-0.4, -0.2) is 66.3 Å². The molecule has 2 heterocycles. The van der Waals surface area contributed by atoms with Gasteiger partial charge in [-0.15, -0.1) is 0 Å². The number of imidazole rings is 1. The fraction of sp³-hybridized carbons (Fsp3) is 0.769. The van der Waals surface area contributed by atoms with Crippen LogP contribution in [0, 0.1) is 0 Å². The van der Waals surface area contributed by atoms with Crippen molar-refractivity contribution in [1.82, 2.24) is 19.8 Å². The molecule has 0 spiro atoms. The average Bonchev–Trinajstić information content (AvgIpc) is 2.83. The SMILES string of the molecule is CN(C)Cc1cnc(C2CN(CCC(F)(F)F)CCO2)[nH]1. The number of hydrogen-bond donors (Lipinski definition) is 1. The van der Waals surface area contributed by atoms with Gasteiger partial charge in [0.25, 0.3) is 0 Å². The van der Waals surface area contributed by atoms with Gasteiger partial charge in [-0.05, 0) is 14.1 Å². The zero-order chi connectivity index (χ0) is 15.5. The maximum Gasteiger partial charge on any atom is 0.390 e. The van der Waals surface area contributed by atoms with E-state index in [4.69, 9.17) is 4.74 Å². The minimum Gasteiger partial charge on any atom is -0.368 e. The fourth-order valence-electron chi connectivity index (χ4n) is 2.32. The van der Waals surface area contributed by atoms with Crippen molar-refractivity contribution in [1.29, 1.82) is 0 Å². The van der Waals surface area contributed by atoms with Crippen molar-refractivity contribution in [2.24, 2.45) is 0 Å². The van der Waals surface area contributed by atoms with Crippen molar-refractivity contribution < 1.29 is 17.9 Å². The van der Waals surface area contributed by atoms with Crippen LogP contribution in [0.3, 0.4) is 0 Å². The monoisotopic (exact) mass is 306 g/mol. The summed E-state index contributed by atoms with van der Waals surface area (Å²) in [5, 5.41) is 0. The van der Waals surface area contributed by atoms with Crippen molar-refractivity contribution in [3.63, 3.8) is 0 Å². The van der Waals surface area contributed by atoms with Crippen molar-refractivity contribution in [3.8, 4) is 0 Å². The molecule has 1 atom stereocenters. The lowest BCUT2D eigenvalue weighted by molar-refractivity contribution is -0.142. The topological polar surface area (TPSA) is 44.4 Å². The number of ether oxygens (including phenoxy) is 1. The first-order valence-electron chi connectivity index (χ1n) is 6.93. The molecular formula is C13H21F3N4O. The highest BCUT2D eigenvalue weighted by Crippen LogP contribution is 2.23. The second-order valence-electron chi connectivity index (χ2n) is 5.56. The Balaban J connectivity index is 1.90. The Morgan fingerprint density at radius 3 is 2.90 bits per heavy atom. The lowest BCUT2D eigenvalue weighted by Gasteiger charge is -2.32. The van der Waals surface area contributed by atoms with Crippen molar-refractivity contribution >= 4 is 0 Å². The van der Waals surface area contributed by atoms with E-state index in [0.717, 1.165) is 12.2 Å². The quantitative estimate of drug-likeness (QED) is 0.901. The molecule has 21 heavy (non-hydrogen) atoms. The number of hydrogen-bond acceptors (Lipinski definition) is 4. The van der Waals surface area contributed by atoms with Crippen LogP contribution >= 0.6 is 0 Å². The van der Waals surface area contributed by atoms with Gasteiger partial charge in [0.2, 0.25) is 0 Å². The molecule has 0 amide bonds. The number of alkyl halides is 3. The Labute approximate surface area is 122 Å². The normalized spacial score (nSPS) is 21.1. The van der Waals surface area contributed by atoms with E-state index in [1.54, 1.807) is 11.1 Å². The van der Waals surface area contributed by atoms with E-state index < -0.39 is 12.6 Å². The number of aromatic nitrogens is 2. The highest BCUT2D eigenvalue weighted by molar-refractivity contribution is 5.04. The van der Waals surface area contributed by atoms with Gasteiger partial charge < -0.3 is 14.6 Å². The summed E-state index contributed by atoms with van der Waals surface area (Å²) in [6.45, 7) is 2.13. The summed E-state index contributed by atoms with van der Waals surface area (Å²) in [4.78, 5) is 11.2. The predicted octanol–water partition coefficient (Wildman–Crippen LogP) is 1.80. The van der Waals surface area contributed by atoms with Crippen LogP contribution in [0.5, 0.6) is 0 Å². The third-order valence-electron chi connectivity index (χ3n) is 3.30. The number of aromatic amines is 1. The summed E-state index contributed by atoms with van der Waals surface area (Å²) in [5.41, 5.74) is 0.964. The number of morpholine rings is 1. The van der Waals surface area contributed by atoms with Gasteiger partial charge in [0.15, 0.2) is 0 Å². The number of nitrogens with zero attached hydrogens (tertiary/aromatic N) is 3. The summed E-state index contributed by atoms with van der Waals surface area (Å²) in [6, 6.07) is 0. The van der Waals surface area contributed by atoms with Gasteiger partial charge in [0, 0.05) is 38.1 Å². The minimum absolute atomic E-state index is 0.00856. The molecule has 8 heteroatoms. The maximum absolute atomic E-state index is 12.3. The van der Waals surface area contributed by atoms with Crippen molar-refractivity contribution in [2.45, 2.75) is 25.2 Å². The Kier molecular flexibility index (Phi) is 5.23. The largest absolute Gasteiger partial charge is 0.390 e. The van der Waals surface area contributed by atoms with Crippen molar-refractivity contribution in [2.75, 3.05) is 40.3 Å². The van der Waals surface area contributed by atoms with Gasteiger partial charge >= 0.3 is 6.18 Å². The number of H-pyrrole nitrogens is 1. The molecule has 0 aliphatic carbocycles. The van der Waals surface area contributed by atoms with Gasteiger partial charge in [-0.3, -0.25) is 4.90 Å². The van der Waals surface area contributed by atoms with Gasteiger partial charge in [0.1, 0.15) is 11.9 Å². The Morgan fingerprint density at radius 1 is 1.48 bits per heavy atom. The standard InChI is InChI=1S/C13H21F3N4O/c1-19(2)8-10-7-17-12(18-10)11-9-20(5-6-21-11)4-3-13(14,15)16/h7,11H,3-6,8-9H2,1-2H3,(H,17,18). The Morgan fingerprint density at radius 2 is 2.24 bits per heavy atom. The molecule has 0 saturated carbocycles. The molecule has 1 aliphatic rings. The smallest absolute Gasteiger partial charge is 0.368 e. The molecule has 5 nitrogen and oxygen atoms in total. The van der Waals surface area contributed by atoms with Crippen LogP contribution in [0.1, 0.15) is 24.0 Å². The van der Waals surface area contributed by atoms with Gasteiger partial charge in [0.05, 0.1) is 13.0 Å². The van der Waals surface area contributed by atoms with E-state index in [1.807, 2.05) is 19.0 Å². The van der Waals surface area contributed by atoms with E-state index in [0.29, 0.717) is 25.5 Å². The molecule has 120 valence electrons. The highest BCUT2D eigenvalue weighted by Gasteiger charge is 2.30. The third kappa shape index (κ3) is 5.29. The molecular weight excluding hydrogens is 285 g/mol. The van der Waals surface area contributed by atoms with E-state index in [-0.39, 0.29) is 12.6 Å². The fourth-order valence-corrected chi connectivity index (χ4v) is 2.32. The maximum atomic E-state index is 12.3. The minimum atomic E-state index is -4.11. The molecule has 1 unspecified atom stereocenters. The average molecular weight is 306 g/mol. The van der Waals surface area contributed by atoms with Crippen LogP contribution in [0.15, 0.2) is 6.20 Å². The predicted molar refractivity (Wildman–Crippen MR) is 71.8 cm³/mol. The van der Waals surface area contributed by atoms with Crippen LogP contribution in [0.25, 0.3) is 0 Å². The Hall–Kier alpha value is -1.12. The van der Waals surface area contributed by atoms with E-state index in [1.165, 1.54) is 0 Å². The summed E-state index contributed by atoms with van der Waals surface area (Å²) in [6.07, 6.45) is -3.45. The molecule has 1 aromatic rings. The molecule has 1 N–H and O–H groups in total. The summed E-state index contributed by atoms with van der Waals surface area (Å²) in [5.74, 6) is 0.684. The van der Waals surface area contributed by atoms with E-state index in [2.05, 4.69) is 9.97 Å². The third-order valence-corrected chi connectivity index (χ3v) is 3.30. The second-order valence-corrected chi connectivity index (χ2v) is 5.56. The number of nitrogens with one attached hydrogen (secondary N) is 1. The molecule has 1 fully saturated rings. The summed E-state index contributed by atoms with van der Waals surface area (Å²) in [7, 11) is 3.91. The number of halogens is 3. The molecule has 2 rings (SSSR count). The van der Waals surface area contributed by atoms with E-state index >= 15 is 0 Å². The molecule has 0 bridgehead atoms. The Bertz CT molecular complexity index is 447. The lowest BCUT2D eigenvalue weighted by Crippen LogP contribution is -2.40. The van der Waals surface area contributed by atoms with Crippen LogP contribution in [-0.2, 0) is 11.3 Å². The van der Waals surface area contributed by atoms with Gasteiger partial charge in [-0.2, -0.15) is 13.2 Å². The molecule has 1 aromatic heterocycles. The van der Waals surface area contributed by atoms with Crippen LogP contribution in [0.2, 0.25) is 0 Å². The first kappa shape index (κ1) is 16.3.